The zero-order valence-electron chi connectivity index (χ0n) is 13.0. The van der Waals surface area contributed by atoms with Crippen molar-refractivity contribution in [3.63, 3.8) is 0 Å². The number of carbonyl (C=O) groups excluding carboxylic acids is 2. The van der Waals surface area contributed by atoms with Crippen LogP contribution in [0.2, 0.25) is 0 Å². The number of Topliss-reactive ketones (excluding diaryl/α,β-unsaturated/α-hetero) is 2. The van der Waals surface area contributed by atoms with E-state index in [2.05, 4.69) is 6.92 Å². The Morgan fingerprint density at radius 2 is 1.68 bits per heavy atom. The summed E-state index contributed by atoms with van der Waals surface area (Å²) in [6.45, 7) is 9.38. The molecule has 1 aliphatic rings. The molecule has 0 saturated carbocycles. The molecule has 1 aliphatic heterocycles. The minimum atomic E-state index is -0.827. The second-order valence-corrected chi connectivity index (χ2v) is 6.64. The molecular weight excluding hydrogens is 240 g/mol. The minimum absolute atomic E-state index is 0.0528. The molecule has 0 bridgehead atoms. The lowest BCUT2D eigenvalue weighted by Crippen LogP contribution is -2.37. The summed E-state index contributed by atoms with van der Waals surface area (Å²) in [5, 5.41) is 0. The molecule has 1 heterocycles. The lowest BCUT2D eigenvalue weighted by Gasteiger charge is -2.24. The number of ether oxygens (including phenoxy) is 1. The van der Waals surface area contributed by atoms with Crippen LogP contribution >= 0.6 is 0 Å². The van der Waals surface area contributed by atoms with E-state index in [9.17, 15) is 9.59 Å². The fourth-order valence-electron chi connectivity index (χ4n) is 3.01. The molecule has 0 amide bonds. The lowest BCUT2D eigenvalue weighted by molar-refractivity contribution is -0.134. The van der Waals surface area contributed by atoms with E-state index in [0.29, 0.717) is 6.42 Å². The summed E-state index contributed by atoms with van der Waals surface area (Å²) in [4.78, 5) is 24.6. The predicted octanol–water partition coefficient (Wildman–Crippen LogP) is 3.69. The summed E-state index contributed by atoms with van der Waals surface area (Å²) >= 11 is 0. The van der Waals surface area contributed by atoms with Crippen LogP contribution < -0.4 is 0 Å². The molecule has 0 aromatic carbocycles. The van der Waals surface area contributed by atoms with Crippen LogP contribution in [0.25, 0.3) is 0 Å². The first-order chi connectivity index (χ1) is 8.72. The quantitative estimate of drug-likeness (QED) is 0.522. The Bertz CT molecular complexity index is 342. The fraction of sp³-hybridized carbons (Fsp3) is 0.875. The first-order valence-electron chi connectivity index (χ1n) is 7.49. The number of carbonyl (C=O) groups is 2. The van der Waals surface area contributed by atoms with Gasteiger partial charge in [-0.3, -0.25) is 9.59 Å². The van der Waals surface area contributed by atoms with Crippen molar-refractivity contribution < 1.29 is 14.3 Å². The van der Waals surface area contributed by atoms with E-state index in [0.717, 1.165) is 12.8 Å². The average Bonchev–Trinajstić information content (AvgIpc) is 2.43. The number of ketones is 2. The SMILES string of the molecule is CCCCCCCC(=O)C1C(=O)C(C)(C)OC1(C)C. The predicted molar refractivity (Wildman–Crippen MR) is 76.1 cm³/mol. The maximum Gasteiger partial charge on any atom is 0.177 e. The summed E-state index contributed by atoms with van der Waals surface area (Å²) < 4.78 is 5.76. The number of unbranched alkanes of at least 4 members (excludes halogenated alkanes) is 4. The Morgan fingerprint density at radius 1 is 1.11 bits per heavy atom. The zero-order valence-corrected chi connectivity index (χ0v) is 13.0. The normalized spacial score (nSPS) is 24.7. The van der Waals surface area contributed by atoms with Crippen molar-refractivity contribution in [3.8, 4) is 0 Å². The molecule has 0 spiro atoms. The molecule has 0 N–H and O–H groups in total. The van der Waals surface area contributed by atoms with Gasteiger partial charge in [-0.2, -0.15) is 0 Å². The van der Waals surface area contributed by atoms with Gasteiger partial charge < -0.3 is 4.74 Å². The molecule has 3 nitrogen and oxygen atoms in total. The van der Waals surface area contributed by atoms with Gasteiger partial charge in [0.2, 0.25) is 0 Å². The van der Waals surface area contributed by atoms with Gasteiger partial charge >= 0.3 is 0 Å². The smallest absolute Gasteiger partial charge is 0.177 e. The minimum Gasteiger partial charge on any atom is -0.361 e. The molecule has 1 fully saturated rings. The van der Waals surface area contributed by atoms with Crippen LogP contribution in [-0.2, 0) is 14.3 Å². The Balaban J connectivity index is 2.54. The van der Waals surface area contributed by atoms with E-state index >= 15 is 0 Å². The van der Waals surface area contributed by atoms with Crippen LogP contribution in [0, 0.1) is 5.92 Å². The van der Waals surface area contributed by atoms with Gasteiger partial charge in [-0.15, -0.1) is 0 Å². The molecule has 0 aromatic heterocycles. The summed E-state index contributed by atoms with van der Waals surface area (Å²) in [5.41, 5.74) is -1.49. The summed E-state index contributed by atoms with van der Waals surface area (Å²) in [6, 6.07) is 0. The van der Waals surface area contributed by atoms with Crippen molar-refractivity contribution in [1.29, 1.82) is 0 Å². The van der Waals surface area contributed by atoms with E-state index in [4.69, 9.17) is 4.74 Å². The number of rotatable bonds is 7. The molecule has 0 radical (unpaired) electrons. The molecule has 0 aliphatic carbocycles. The van der Waals surface area contributed by atoms with Gasteiger partial charge in [0.05, 0.1) is 5.60 Å². The van der Waals surface area contributed by atoms with Crippen LogP contribution in [-0.4, -0.2) is 22.8 Å². The number of hydrogen-bond donors (Lipinski definition) is 0. The van der Waals surface area contributed by atoms with Gasteiger partial charge in [0.1, 0.15) is 17.3 Å². The van der Waals surface area contributed by atoms with Crippen LogP contribution in [0.5, 0.6) is 0 Å². The fourth-order valence-corrected chi connectivity index (χ4v) is 3.01. The van der Waals surface area contributed by atoms with Crippen LogP contribution in [0.3, 0.4) is 0 Å². The molecule has 3 heteroatoms. The molecule has 1 rings (SSSR count). The standard InChI is InChI=1S/C16H28O3/c1-6-7-8-9-10-11-12(17)13-14(18)16(4,5)19-15(13,2)3/h13H,6-11H2,1-5H3. The van der Waals surface area contributed by atoms with E-state index in [-0.39, 0.29) is 11.6 Å². The first-order valence-corrected chi connectivity index (χ1v) is 7.49. The molecule has 0 aromatic rings. The number of hydrogen-bond acceptors (Lipinski definition) is 3. The second-order valence-electron chi connectivity index (χ2n) is 6.64. The Hall–Kier alpha value is -0.700. The highest BCUT2D eigenvalue weighted by atomic mass is 16.5. The maximum absolute atomic E-state index is 12.3. The lowest BCUT2D eigenvalue weighted by atomic mass is 9.81. The highest BCUT2D eigenvalue weighted by Gasteiger charge is 2.55. The summed E-state index contributed by atoms with van der Waals surface area (Å²) in [5.74, 6) is -0.596. The van der Waals surface area contributed by atoms with Crippen molar-refractivity contribution in [2.75, 3.05) is 0 Å². The maximum atomic E-state index is 12.3. The third-order valence-electron chi connectivity index (χ3n) is 3.92. The van der Waals surface area contributed by atoms with Gasteiger partial charge in [0.15, 0.2) is 5.78 Å². The largest absolute Gasteiger partial charge is 0.361 e. The zero-order chi connectivity index (χ0) is 14.7. The third-order valence-corrected chi connectivity index (χ3v) is 3.92. The van der Waals surface area contributed by atoms with Crippen LogP contribution in [0.4, 0.5) is 0 Å². The summed E-state index contributed by atoms with van der Waals surface area (Å²) in [6.07, 6.45) is 6.06. The van der Waals surface area contributed by atoms with Gasteiger partial charge in [-0.1, -0.05) is 32.6 Å². The van der Waals surface area contributed by atoms with Gasteiger partial charge in [0.25, 0.3) is 0 Å². The van der Waals surface area contributed by atoms with Crippen molar-refractivity contribution in [2.45, 2.75) is 84.3 Å². The van der Waals surface area contributed by atoms with Gasteiger partial charge in [0, 0.05) is 6.42 Å². The Morgan fingerprint density at radius 3 is 2.16 bits per heavy atom. The van der Waals surface area contributed by atoms with E-state index < -0.39 is 17.1 Å². The molecule has 1 atom stereocenters. The molecule has 110 valence electrons. The Kier molecular flexibility index (Phi) is 5.31. The first kappa shape index (κ1) is 16.4. The molecule has 1 saturated heterocycles. The van der Waals surface area contributed by atoms with Crippen molar-refractivity contribution in [3.05, 3.63) is 0 Å². The van der Waals surface area contributed by atoms with E-state index in [1.807, 2.05) is 13.8 Å². The molecule has 19 heavy (non-hydrogen) atoms. The van der Waals surface area contributed by atoms with Crippen LogP contribution in [0.1, 0.15) is 73.1 Å². The van der Waals surface area contributed by atoms with Crippen LogP contribution in [0.15, 0.2) is 0 Å². The highest BCUT2D eigenvalue weighted by Crippen LogP contribution is 2.40. The van der Waals surface area contributed by atoms with Gasteiger partial charge in [-0.05, 0) is 34.1 Å². The van der Waals surface area contributed by atoms with Gasteiger partial charge in [-0.25, -0.2) is 0 Å². The monoisotopic (exact) mass is 268 g/mol. The molecule has 1 unspecified atom stereocenters. The van der Waals surface area contributed by atoms with E-state index in [1.165, 1.54) is 19.3 Å². The van der Waals surface area contributed by atoms with Crippen molar-refractivity contribution >= 4 is 11.6 Å². The van der Waals surface area contributed by atoms with Crippen molar-refractivity contribution in [2.24, 2.45) is 5.92 Å². The third kappa shape index (κ3) is 3.88. The summed E-state index contributed by atoms with van der Waals surface area (Å²) in [7, 11) is 0. The average molecular weight is 268 g/mol. The molecular formula is C16H28O3. The highest BCUT2D eigenvalue weighted by molar-refractivity contribution is 6.08. The topological polar surface area (TPSA) is 43.4 Å². The Labute approximate surface area is 117 Å². The van der Waals surface area contributed by atoms with E-state index in [1.54, 1.807) is 13.8 Å². The van der Waals surface area contributed by atoms with Crippen molar-refractivity contribution in [1.82, 2.24) is 0 Å². The second kappa shape index (κ2) is 6.17.